The van der Waals surface area contributed by atoms with Gasteiger partial charge in [0.25, 0.3) is 5.91 Å². The molecule has 5 atom stereocenters. The normalized spacial score (nSPS) is 22.4. The third-order valence-electron chi connectivity index (χ3n) is 10.7. The summed E-state index contributed by atoms with van der Waals surface area (Å²) in [7, 11) is 3.06. The largest absolute Gasteiger partial charge is 0.469 e. The Labute approximate surface area is 309 Å². The second kappa shape index (κ2) is 16.8. The molecule has 1 aliphatic carbocycles. The van der Waals surface area contributed by atoms with Crippen molar-refractivity contribution < 1.29 is 33.4 Å². The molecule has 3 aliphatic heterocycles. The second-order valence-electron chi connectivity index (χ2n) is 15.1. The van der Waals surface area contributed by atoms with E-state index in [1.165, 1.54) is 25.4 Å². The molecule has 4 aliphatic rings. The van der Waals surface area contributed by atoms with E-state index in [2.05, 4.69) is 30.5 Å². The number of nitrogens with zero attached hydrogens (tertiary/aromatic N) is 5. The Balaban J connectivity index is 1.27. The number of carbonyl (C=O) groups is 5. The molecule has 2 aromatic rings. The predicted octanol–water partition coefficient (Wildman–Crippen LogP) is 3.39. The van der Waals surface area contributed by atoms with Gasteiger partial charge in [-0.1, -0.05) is 20.8 Å². The molecule has 0 radical (unpaired) electrons. The molecular formula is C37H53N7O7S. The summed E-state index contributed by atoms with van der Waals surface area (Å²) in [6.07, 6.45) is 7.66. The smallest absolute Gasteiger partial charge is 0.308 e. The van der Waals surface area contributed by atoms with E-state index in [1.54, 1.807) is 36.6 Å². The van der Waals surface area contributed by atoms with Crippen molar-refractivity contribution in [1.29, 1.82) is 0 Å². The van der Waals surface area contributed by atoms with Gasteiger partial charge in [-0.05, 0) is 75.9 Å². The van der Waals surface area contributed by atoms with Crippen molar-refractivity contribution in [3.05, 3.63) is 39.9 Å². The van der Waals surface area contributed by atoms with Crippen molar-refractivity contribution in [2.45, 2.75) is 116 Å². The standard InChI is InChI=1S/C37H53N7O7S/c1-21(2)28(43(6)36(49)37(10-11-37)42-33(47)29-15-25-8-12-44(29)13-9-25)17-30(51-24(5)45)34-41-27(20-52-34)32(46)40-26(14-23(4)35(48)50-7)16-31-38-18-22(3)19-39-31/h18-21,23,25-26,28-30H,8-17H2,1-7H3,(H,40,46)(H,42,47)/t23-,26+,28+,29+,30+/m0/s1. The van der Waals surface area contributed by atoms with Crippen molar-refractivity contribution in [3.63, 3.8) is 0 Å². The number of thiazole rings is 1. The van der Waals surface area contributed by atoms with Crippen molar-refractivity contribution >= 4 is 41.0 Å². The van der Waals surface area contributed by atoms with Gasteiger partial charge in [-0.3, -0.25) is 28.9 Å². The maximum atomic E-state index is 14.1. The SMILES string of the molecule is COC(=O)[C@@H](C)C[C@H](Cc1ncc(C)cn1)NC(=O)c1csc([C@@H](C[C@H](C(C)C)N(C)C(=O)C2(NC(=O)[C@H]3CC4CCN3CC4)CC2)OC(C)=O)n1. The summed E-state index contributed by atoms with van der Waals surface area (Å²) in [6.45, 7) is 10.8. The van der Waals surface area contributed by atoms with Crippen molar-refractivity contribution in [3.8, 4) is 0 Å². The number of carbonyl (C=O) groups excluding carboxylic acids is 5. The molecular weight excluding hydrogens is 687 g/mol. The highest BCUT2D eigenvalue weighted by atomic mass is 32.1. The number of rotatable bonds is 16. The van der Waals surface area contributed by atoms with E-state index >= 15 is 0 Å². The van der Waals surface area contributed by atoms with E-state index in [9.17, 15) is 24.0 Å². The fourth-order valence-corrected chi connectivity index (χ4v) is 8.36. The third-order valence-corrected chi connectivity index (χ3v) is 11.6. The third kappa shape index (κ3) is 9.51. The number of amides is 3. The van der Waals surface area contributed by atoms with Gasteiger partial charge in [-0.15, -0.1) is 11.3 Å². The van der Waals surface area contributed by atoms with E-state index in [4.69, 9.17) is 9.47 Å². The van der Waals surface area contributed by atoms with Gasteiger partial charge >= 0.3 is 11.9 Å². The van der Waals surface area contributed by atoms with Gasteiger partial charge in [-0.2, -0.15) is 0 Å². The van der Waals surface area contributed by atoms with Crippen LogP contribution >= 0.6 is 11.3 Å². The first-order chi connectivity index (χ1) is 24.7. The molecule has 0 unspecified atom stereocenters. The molecule has 3 amide bonds. The molecule has 2 aromatic heterocycles. The number of hydrogen-bond acceptors (Lipinski definition) is 12. The molecule has 3 saturated heterocycles. The zero-order chi connectivity index (χ0) is 37.7. The lowest BCUT2D eigenvalue weighted by atomic mass is 9.83. The first-order valence-corrected chi connectivity index (χ1v) is 19.2. The van der Waals surface area contributed by atoms with Crippen LogP contribution in [0.5, 0.6) is 0 Å². The van der Waals surface area contributed by atoms with E-state index < -0.39 is 41.4 Å². The van der Waals surface area contributed by atoms with Gasteiger partial charge in [-0.25, -0.2) is 15.0 Å². The molecule has 15 heteroatoms. The first kappa shape index (κ1) is 39.2. The van der Waals surface area contributed by atoms with Crippen LogP contribution in [-0.2, 0) is 35.1 Å². The van der Waals surface area contributed by atoms with Gasteiger partial charge in [0.15, 0.2) is 6.10 Å². The molecule has 14 nitrogen and oxygen atoms in total. The highest BCUT2D eigenvalue weighted by Crippen LogP contribution is 2.40. The van der Waals surface area contributed by atoms with Gasteiger partial charge in [0.05, 0.1) is 19.1 Å². The quantitative estimate of drug-likeness (QED) is 0.242. The first-order valence-electron chi connectivity index (χ1n) is 18.3. The van der Waals surface area contributed by atoms with Crippen LogP contribution in [0.3, 0.4) is 0 Å². The number of ether oxygens (including phenoxy) is 2. The van der Waals surface area contributed by atoms with Crippen molar-refractivity contribution in [2.75, 3.05) is 27.2 Å². The summed E-state index contributed by atoms with van der Waals surface area (Å²) in [6, 6.07) is -1.04. The summed E-state index contributed by atoms with van der Waals surface area (Å²) in [5, 5.41) is 8.14. The monoisotopic (exact) mass is 739 g/mol. The Morgan fingerprint density at radius 3 is 2.31 bits per heavy atom. The zero-order valence-corrected chi connectivity index (χ0v) is 32.2. The molecule has 5 heterocycles. The number of esters is 2. The minimum absolute atomic E-state index is 0.0250. The zero-order valence-electron chi connectivity index (χ0n) is 31.3. The van der Waals surface area contributed by atoms with Crippen molar-refractivity contribution in [2.24, 2.45) is 17.8 Å². The van der Waals surface area contributed by atoms with Gasteiger partial charge in [0, 0.05) is 56.7 Å². The van der Waals surface area contributed by atoms with Crippen LogP contribution in [0.2, 0.25) is 0 Å². The van der Waals surface area contributed by atoms with Crippen LogP contribution < -0.4 is 10.6 Å². The average Bonchev–Trinajstić information content (AvgIpc) is 3.73. The second-order valence-corrected chi connectivity index (χ2v) is 16.0. The number of methoxy groups -OCH3 is 1. The molecule has 0 aromatic carbocycles. The highest BCUT2D eigenvalue weighted by molar-refractivity contribution is 7.09. The van der Waals surface area contributed by atoms with Crippen LogP contribution in [0, 0.1) is 24.7 Å². The summed E-state index contributed by atoms with van der Waals surface area (Å²) in [4.78, 5) is 82.8. The summed E-state index contributed by atoms with van der Waals surface area (Å²) < 4.78 is 10.7. The van der Waals surface area contributed by atoms with E-state index in [-0.39, 0.29) is 48.4 Å². The lowest BCUT2D eigenvalue weighted by Gasteiger charge is -2.45. The molecule has 1 saturated carbocycles. The molecule has 52 heavy (non-hydrogen) atoms. The van der Waals surface area contributed by atoms with Crippen molar-refractivity contribution in [1.82, 2.24) is 35.4 Å². The molecule has 284 valence electrons. The number of piperidine rings is 3. The van der Waals surface area contributed by atoms with E-state index in [1.807, 2.05) is 20.8 Å². The lowest BCUT2D eigenvalue weighted by molar-refractivity contribution is -0.149. The molecule has 6 rings (SSSR count). The van der Waals surface area contributed by atoms with Crippen LogP contribution in [0.4, 0.5) is 0 Å². The Bertz CT molecular complexity index is 1600. The topological polar surface area (TPSA) is 173 Å². The van der Waals surface area contributed by atoms with Crippen LogP contribution in [-0.4, -0.2) is 105 Å². The lowest BCUT2D eigenvalue weighted by Crippen LogP contribution is -2.60. The number of aromatic nitrogens is 3. The molecule has 2 N–H and O–H groups in total. The minimum Gasteiger partial charge on any atom is -0.469 e. The number of fused-ring (bicyclic) bond motifs is 3. The average molecular weight is 740 g/mol. The summed E-state index contributed by atoms with van der Waals surface area (Å²) in [5.41, 5.74) is 0.110. The number of nitrogens with one attached hydrogen (secondary N) is 2. The number of likely N-dealkylation sites (N-methyl/N-ethyl adjacent to an activating group) is 1. The number of hydrogen-bond donors (Lipinski definition) is 2. The Hall–Kier alpha value is -3.98. The Morgan fingerprint density at radius 2 is 1.75 bits per heavy atom. The molecule has 2 bridgehead atoms. The minimum atomic E-state index is -0.925. The van der Waals surface area contributed by atoms with Crippen LogP contribution in [0.15, 0.2) is 17.8 Å². The van der Waals surface area contributed by atoms with Gasteiger partial charge in [0.1, 0.15) is 22.1 Å². The highest BCUT2D eigenvalue weighted by Gasteiger charge is 2.55. The number of aryl methyl sites for hydroxylation is 1. The van der Waals surface area contributed by atoms with Gasteiger partial charge < -0.3 is 25.0 Å². The Kier molecular flexibility index (Phi) is 12.7. The maximum Gasteiger partial charge on any atom is 0.308 e. The summed E-state index contributed by atoms with van der Waals surface area (Å²) in [5.74, 6) is -1.01. The predicted molar refractivity (Wildman–Crippen MR) is 193 cm³/mol. The van der Waals surface area contributed by atoms with Gasteiger partial charge in [0.2, 0.25) is 11.8 Å². The maximum absolute atomic E-state index is 14.1. The molecule has 0 spiro atoms. The Morgan fingerprint density at radius 1 is 1.08 bits per heavy atom. The fraction of sp³-hybridized carbons (Fsp3) is 0.676. The fourth-order valence-electron chi connectivity index (χ4n) is 7.52. The van der Waals surface area contributed by atoms with Crippen LogP contribution in [0.1, 0.15) is 106 Å². The summed E-state index contributed by atoms with van der Waals surface area (Å²) >= 11 is 1.19. The van der Waals surface area contributed by atoms with E-state index in [0.717, 1.165) is 37.9 Å². The van der Waals surface area contributed by atoms with Crippen LogP contribution in [0.25, 0.3) is 0 Å². The molecule has 4 fully saturated rings. The van der Waals surface area contributed by atoms with E-state index in [0.29, 0.717) is 36.0 Å².